The number of rotatable bonds is 3. The normalized spacial score (nSPS) is 11.3. The van der Waals surface area contributed by atoms with Crippen molar-refractivity contribution in [2.45, 2.75) is 0 Å². The Bertz CT molecular complexity index is 736. The fraction of sp³-hybridized carbons (Fsp3) is 0. The van der Waals surface area contributed by atoms with Crippen molar-refractivity contribution in [1.82, 2.24) is 0 Å². The lowest BCUT2D eigenvalue weighted by Gasteiger charge is -1.93. The molecule has 0 aliphatic heterocycles. The van der Waals surface area contributed by atoms with E-state index in [1.807, 2.05) is 22.7 Å². The van der Waals surface area contributed by atoms with Gasteiger partial charge < -0.3 is 0 Å². The van der Waals surface area contributed by atoms with Gasteiger partial charge in [0.1, 0.15) is 0 Å². The molecule has 20 heavy (non-hydrogen) atoms. The third-order valence-electron chi connectivity index (χ3n) is 2.75. The molecule has 2 heterocycles. The molecule has 2 aromatic heterocycles. The number of hydrogen-bond donors (Lipinski definition) is 0. The van der Waals surface area contributed by atoms with E-state index in [0.29, 0.717) is 0 Å². The first-order valence-corrected chi connectivity index (χ1v) is 9.79. The first kappa shape index (κ1) is 14.7. The van der Waals surface area contributed by atoms with E-state index in [-0.39, 0.29) is 0 Å². The predicted octanol–water partition coefficient (Wildman–Crippen LogP) is 6.86. The van der Waals surface area contributed by atoms with Crippen LogP contribution in [0.3, 0.4) is 0 Å². The number of hydrogen-bond acceptors (Lipinski definition) is 2. The fourth-order valence-electron chi connectivity index (χ4n) is 1.77. The van der Waals surface area contributed by atoms with Crippen LogP contribution in [0, 0.1) is 6.45 Å². The molecule has 0 atom stereocenters. The van der Waals surface area contributed by atoms with Gasteiger partial charge in [0.2, 0.25) is 0 Å². The Morgan fingerprint density at radius 1 is 0.700 bits per heavy atom. The van der Waals surface area contributed by atoms with E-state index >= 15 is 0 Å². The number of benzene rings is 1. The molecule has 0 saturated heterocycles. The predicted molar refractivity (Wildman–Crippen MR) is 108 cm³/mol. The van der Waals surface area contributed by atoms with Crippen molar-refractivity contribution in [3.05, 3.63) is 65.4 Å². The lowest BCUT2D eigenvalue weighted by molar-refractivity contribution is 1.61. The van der Waals surface area contributed by atoms with Crippen molar-refractivity contribution >= 4 is 80.0 Å². The van der Waals surface area contributed by atoms with E-state index in [4.69, 9.17) is 0 Å². The molecule has 0 aliphatic carbocycles. The minimum atomic E-state index is 1.24. The summed E-state index contributed by atoms with van der Waals surface area (Å²) in [5, 5.41) is 0. The molecule has 4 heteroatoms. The summed E-state index contributed by atoms with van der Waals surface area (Å²) < 4.78 is 2.60. The molecule has 0 amide bonds. The first-order chi connectivity index (χ1) is 9.70. The highest BCUT2D eigenvalue weighted by molar-refractivity contribution is 14.1. The zero-order valence-electron chi connectivity index (χ0n) is 10.3. The van der Waals surface area contributed by atoms with E-state index in [2.05, 4.69) is 106 Å². The largest absolute Gasteiger partial charge is 0.135 e. The molecule has 0 unspecified atom stereocenters. The summed E-state index contributed by atoms with van der Waals surface area (Å²) in [6.45, 7) is 0. The summed E-state index contributed by atoms with van der Waals surface area (Å²) in [5.74, 6) is 0. The van der Waals surface area contributed by atoms with Crippen molar-refractivity contribution in [3.63, 3.8) is 0 Å². The van der Waals surface area contributed by atoms with E-state index in [0.717, 1.165) is 0 Å². The number of thiophene rings is 2. The first-order valence-electron chi connectivity index (χ1n) is 6.00. The molecule has 0 fully saturated rings. The van der Waals surface area contributed by atoms with E-state index in [1.165, 1.54) is 26.6 Å². The van der Waals surface area contributed by atoms with Gasteiger partial charge in [-0.15, -0.1) is 22.7 Å². The molecule has 0 saturated carbocycles. The second kappa shape index (κ2) is 6.72. The summed E-state index contributed by atoms with van der Waals surface area (Å²) in [6, 6.07) is 17.3. The molecule has 100 valence electrons. The van der Waals surface area contributed by atoms with Gasteiger partial charge in [0, 0.05) is 18.2 Å². The Labute approximate surface area is 153 Å². The lowest BCUT2D eigenvalue weighted by Crippen LogP contribution is -1.72. The van der Waals surface area contributed by atoms with E-state index < -0.39 is 0 Å². The van der Waals surface area contributed by atoms with Crippen molar-refractivity contribution in [1.29, 1.82) is 0 Å². The van der Waals surface area contributed by atoms with Gasteiger partial charge in [0.15, 0.2) is 0 Å². The summed E-state index contributed by atoms with van der Waals surface area (Å²) in [6.07, 6.45) is 4.36. The average molecular weight is 520 g/mol. The third kappa shape index (κ3) is 3.72. The Kier molecular flexibility index (Phi) is 4.95. The van der Waals surface area contributed by atoms with Gasteiger partial charge in [-0.25, -0.2) is 0 Å². The van der Waals surface area contributed by atoms with Gasteiger partial charge in [0.05, 0.1) is 2.88 Å². The summed E-state index contributed by atoms with van der Waals surface area (Å²) in [4.78, 5) is 4.00. The molecule has 3 aromatic rings. The smallest absolute Gasteiger partial charge is 0.0660 e. The van der Waals surface area contributed by atoms with E-state index in [9.17, 15) is 0 Å². The van der Waals surface area contributed by atoms with Gasteiger partial charge in [-0.05, 0) is 93.2 Å². The molecule has 0 bridgehead atoms. The molecular formula is C16H10I2S2. The zero-order valence-corrected chi connectivity index (χ0v) is 16.3. The topological polar surface area (TPSA) is 0 Å². The van der Waals surface area contributed by atoms with Crippen LogP contribution in [0.1, 0.15) is 10.4 Å². The summed E-state index contributed by atoms with van der Waals surface area (Å²) in [7, 11) is 0. The Hall–Kier alpha value is -0.180. The SMILES string of the molecule is Ic1ccc(/C=C/c2ccc(-c3ccc(I)s3)s2)cc1. The van der Waals surface area contributed by atoms with Gasteiger partial charge in [-0.2, -0.15) is 0 Å². The molecule has 0 N–H and O–H groups in total. The van der Waals surface area contributed by atoms with Crippen molar-refractivity contribution < 1.29 is 0 Å². The Morgan fingerprint density at radius 2 is 1.40 bits per heavy atom. The highest BCUT2D eigenvalue weighted by Gasteiger charge is 2.03. The molecule has 0 radical (unpaired) electrons. The maximum atomic E-state index is 2.37. The highest BCUT2D eigenvalue weighted by atomic mass is 127. The van der Waals surface area contributed by atoms with Gasteiger partial charge in [-0.3, -0.25) is 0 Å². The lowest BCUT2D eigenvalue weighted by atomic mass is 10.2. The minimum Gasteiger partial charge on any atom is -0.135 e. The second-order valence-electron chi connectivity index (χ2n) is 4.19. The van der Waals surface area contributed by atoms with Crippen LogP contribution >= 0.6 is 67.9 Å². The average Bonchev–Trinajstić information content (AvgIpc) is 3.07. The Morgan fingerprint density at radius 3 is 2.10 bits per heavy atom. The molecule has 3 rings (SSSR count). The summed E-state index contributed by atoms with van der Waals surface area (Å²) >= 11 is 8.38. The molecule has 0 aliphatic rings. The van der Waals surface area contributed by atoms with Crippen LogP contribution in [0.15, 0.2) is 48.5 Å². The van der Waals surface area contributed by atoms with Gasteiger partial charge in [0.25, 0.3) is 0 Å². The Balaban J connectivity index is 1.78. The quantitative estimate of drug-likeness (QED) is 0.332. The number of halogens is 2. The van der Waals surface area contributed by atoms with Crippen LogP contribution < -0.4 is 0 Å². The minimum absolute atomic E-state index is 1.24. The van der Waals surface area contributed by atoms with Gasteiger partial charge >= 0.3 is 0 Å². The fourth-order valence-corrected chi connectivity index (χ4v) is 4.76. The van der Waals surface area contributed by atoms with E-state index in [1.54, 1.807) is 0 Å². The maximum Gasteiger partial charge on any atom is 0.0660 e. The van der Waals surface area contributed by atoms with Crippen LogP contribution in [0.4, 0.5) is 0 Å². The second-order valence-corrected chi connectivity index (χ2v) is 9.53. The zero-order chi connectivity index (χ0) is 13.9. The maximum absolute atomic E-state index is 2.37. The third-order valence-corrected chi connectivity index (χ3v) is 6.61. The van der Waals surface area contributed by atoms with Crippen LogP contribution in [-0.2, 0) is 0 Å². The molecule has 1 aromatic carbocycles. The monoisotopic (exact) mass is 520 g/mol. The van der Waals surface area contributed by atoms with Crippen LogP contribution in [-0.4, -0.2) is 0 Å². The molecule has 0 nitrogen and oxygen atoms in total. The summed E-state index contributed by atoms with van der Waals surface area (Å²) in [5.41, 5.74) is 1.24. The van der Waals surface area contributed by atoms with Crippen molar-refractivity contribution in [3.8, 4) is 9.75 Å². The van der Waals surface area contributed by atoms with Crippen molar-refractivity contribution in [2.24, 2.45) is 0 Å². The molecular weight excluding hydrogens is 510 g/mol. The standard InChI is InChI=1S/C16H10I2S2/c17-12-4-1-11(2-5-12)3-6-13-7-8-14(19-13)15-9-10-16(18)20-15/h1-10H/b6-3+. The van der Waals surface area contributed by atoms with Crippen LogP contribution in [0.5, 0.6) is 0 Å². The van der Waals surface area contributed by atoms with Gasteiger partial charge in [-0.1, -0.05) is 18.2 Å². The van der Waals surface area contributed by atoms with Crippen molar-refractivity contribution in [2.75, 3.05) is 0 Å². The van der Waals surface area contributed by atoms with Crippen LogP contribution in [0.25, 0.3) is 21.9 Å². The van der Waals surface area contributed by atoms with Crippen LogP contribution in [0.2, 0.25) is 0 Å². The highest BCUT2D eigenvalue weighted by Crippen LogP contribution is 2.34. The molecule has 0 spiro atoms.